The van der Waals surface area contributed by atoms with Crippen LogP contribution in [0.25, 0.3) is 10.8 Å². The molecule has 2 unspecified atom stereocenters. The van der Waals surface area contributed by atoms with E-state index < -0.39 is 5.60 Å². The van der Waals surface area contributed by atoms with Gasteiger partial charge in [0.05, 0.1) is 0 Å². The second kappa shape index (κ2) is 8.37. The number of amides is 2. The maximum absolute atomic E-state index is 12.5. The number of fused-ring (bicyclic) bond motifs is 1. The summed E-state index contributed by atoms with van der Waals surface area (Å²) in [5, 5.41) is 4.99. The molecular weight excluding hydrogens is 342 g/mol. The lowest BCUT2D eigenvalue weighted by molar-refractivity contribution is -0.120. The summed E-state index contributed by atoms with van der Waals surface area (Å²) in [5.41, 5.74) is 0.194. The molecule has 2 aromatic rings. The van der Waals surface area contributed by atoms with Gasteiger partial charge in [0.15, 0.2) is 0 Å². The third-order valence-corrected chi connectivity index (χ3v) is 4.39. The molecule has 0 saturated heterocycles. The minimum atomic E-state index is -0.543. The smallest absolute Gasteiger partial charge is 0.410 e. The SMILES string of the molecule is CC(CC(C)N(C)C(=O)OC(C)(C)C)C(=O)Nc1ccc2ccncc2c1. The molecule has 2 rings (SSSR count). The molecule has 0 aliphatic carbocycles. The fourth-order valence-electron chi connectivity index (χ4n) is 2.72. The number of aromatic nitrogens is 1. The first-order valence-electron chi connectivity index (χ1n) is 9.17. The van der Waals surface area contributed by atoms with Crippen LogP contribution >= 0.6 is 0 Å². The van der Waals surface area contributed by atoms with Crippen molar-refractivity contribution in [2.75, 3.05) is 12.4 Å². The third-order valence-electron chi connectivity index (χ3n) is 4.39. The number of carbonyl (C=O) groups is 2. The van der Waals surface area contributed by atoms with E-state index in [9.17, 15) is 9.59 Å². The quantitative estimate of drug-likeness (QED) is 0.842. The Morgan fingerprint density at radius 3 is 2.56 bits per heavy atom. The van der Waals surface area contributed by atoms with Gasteiger partial charge < -0.3 is 15.0 Å². The molecule has 0 spiro atoms. The molecule has 1 N–H and O–H groups in total. The maximum Gasteiger partial charge on any atom is 0.410 e. The molecule has 146 valence electrons. The topological polar surface area (TPSA) is 71.5 Å². The van der Waals surface area contributed by atoms with Crippen molar-refractivity contribution < 1.29 is 14.3 Å². The van der Waals surface area contributed by atoms with Gasteiger partial charge in [-0.2, -0.15) is 0 Å². The van der Waals surface area contributed by atoms with Gasteiger partial charge in [-0.1, -0.05) is 13.0 Å². The normalized spacial score (nSPS) is 13.7. The Kier molecular flexibility index (Phi) is 6.41. The van der Waals surface area contributed by atoms with Crippen molar-refractivity contribution in [3.05, 3.63) is 36.7 Å². The summed E-state index contributed by atoms with van der Waals surface area (Å²) in [6.07, 6.45) is 3.67. The van der Waals surface area contributed by atoms with Crippen LogP contribution in [-0.4, -0.2) is 40.6 Å². The Bertz CT molecular complexity index is 814. The van der Waals surface area contributed by atoms with Crippen molar-refractivity contribution in [3.63, 3.8) is 0 Å². The average molecular weight is 371 g/mol. The van der Waals surface area contributed by atoms with Crippen molar-refractivity contribution in [2.24, 2.45) is 5.92 Å². The van der Waals surface area contributed by atoms with Crippen LogP contribution in [0.2, 0.25) is 0 Å². The summed E-state index contributed by atoms with van der Waals surface area (Å²) in [7, 11) is 1.69. The van der Waals surface area contributed by atoms with E-state index in [0.29, 0.717) is 6.42 Å². The van der Waals surface area contributed by atoms with Gasteiger partial charge in [0.25, 0.3) is 0 Å². The van der Waals surface area contributed by atoms with Gasteiger partial charge in [-0.3, -0.25) is 9.78 Å². The molecule has 2 atom stereocenters. The average Bonchev–Trinajstić information content (AvgIpc) is 2.59. The zero-order chi connectivity index (χ0) is 20.2. The van der Waals surface area contributed by atoms with E-state index in [1.807, 2.05) is 58.9 Å². The number of pyridine rings is 1. The van der Waals surface area contributed by atoms with E-state index in [-0.39, 0.29) is 24.0 Å². The Morgan fingerprint density at radius 1 is 1.19 bits per heavy atom. The predicted molar refractivity (Wildman–Crippen MR) is 108 cm³/mol. The number of benzene rings is 1. The summed E-state index contributed by atoms with van der Waals surface area (Å²) in [5.74, 6) is -0.336. The number of nitrogens with one attached hydrogen (secondary N) is 1. The molecule has 1 aromatic carbocycles. The van der Waals surface area contributed by atoms with Crippen molar-refractivity contribution in [1.29, 1.82) is 0 Å². The fourth-order valence-corrected chi connectivity index (χ4v) is 2.72. The molecule has 1 heterocycles. The third kappa shape index (κ3) is 5.94. The Hall–Kier alpha value is -2.63. The second-order valence-corrected chi connectivity index (χ2v) is 8.00. The Labute approximate surface area is 160 Å². The van der Waals surface area contributed by atoms with Crippen LogP contribution in [0, 0.1) is 5.92 Å². The first-order valence-corrected chi connectivity index (χ1v) is 9.17. The lowest BCUT2D eigenvalue weighted by atomic mass is 10.0. The molecule has 1 aromatic heterocycles. The highest BCUT2D eigenvalue weighted by molar-refractivity contribution is 5.95. The zero-order valence-electron chi connectivity index (χ0n) is 16.9. The van der Waals surface area contributed by atoms with Crippen LogP contribution in [0.3, 0.4) is 0 Å². The van der Waals surface area contributed by atoms with Crippen molar-refractivity contribution in [3.8, 4) is 0 Å². The van der Waals surface area contributed by atoms with Crippen LogP contribution in [0.15, 0.2) is 36.7 Å². The summed E-state index contributed by atoms with van der Waals surface area (Å²) in [6, 6.07) is 7.54. The van der Waals surface area contributed by atoms with Gasteiger partial charge in [0.2, 0.25) is 5.91 Å². The molecule has 0 saturated carbocycles. The van der Waals surface area contributed by atoms with E-state index in [4.69, 9.17) is 4.74 Å². The van der Waals surface area contributed by atoms with Gasteiger partial charge in [0, 0.05) is 42.5 Å². The molecular formula is C21H29N3O3. The summed E-state index contributed by atoms with van der Waals surface area (Å²) < 4.78 is 5.38. The second-order valence-electron chi connectivity index (χ2n) is 8.00. The molecule has 6 heteroatoms. The minimum absolute atomic E-state index is 0.0809. The van der Waals surface area contributed by atoms with Crippen LogP contribution in [-0.2, 0) is 9.53 Å². The highest BCUT2D eigenvalue weighted by Gasteiger charge is 2.25. The van der Waals surface area contributed by atoms with Gasteiger partial charge in [-0.15, -0.1) is 0 Å². The van der Waals surface area contributed by atoms with Crippen LogP contribution < -0.4 is 5.32 Å². The monoisotopic (exact) mass is 371 g/mol. The van der Waals surface area contributed by atoms with E-state index in [2.05, 4.69) is 10.3 Å². The molecule has 0 aliphatic heterocycles. The molecule has 0 aliphatic rings. The van der Waals surface area contributed by atoms with Gasteiger partial charge >= 0.3 is 6.09 Å². The van der Waals surface area contributed by atoms with Crippen molar-refractivity contribution >= 4 is 28.5 Å². The summed E-state index contributed by atoms with van der Waals surface area (Å²) in [4.78, 5) is 30.4. The zero-order valence-corrected chi connectivity index (χ0v) is 16.9. The number of hydrogen-bond donors (Lipinski definition) is 1. The number of rotatable bonds is 5. The Balaban J connectivity index is 1.94. The lowest BCUT2D eigenvalue weighted by Gasteiger charge is -2.29. The van der Waals surface area contributed by atoms with E-state index in [1.54, 1.807) is 19.4 Å². The van der Waals surface area contributed by atoms with E-state index in [1.165, 1.54) is 4.90 Å². The van der Waals surface area contributed by atoms with E-state index in [0.717, 1.165) is 16.5 Å². The first kappa shape index (κ1) is 20.7. The molecule has 6 nitrogen and oxygen atoms in total. The van der Waals surface area contributed by atoms with Gasteiger partial charge in [-0.05, 0) is 57.7 Å². The molecule has 0 radical (unpaired) electrons. The first-order chi connectivity index (χ1) is 12.6. The van der Waals surface area contributed by atoms with E-state index >= 15 is 0 Å². The minimum Gasteiger partial charge on any atom is -0.444 e. The fraction of sp³-hybridized carbons (Fsp3) is 0.476. The molecule has 0 bridgehead atoms. The summed E-state index contributed by atoms with van der Waals surface area (Å²) in [6.45, 7) is 9.27. The van der Waals surface area contributed by atoms with Crippen molar-refractivity contribution in [2.45, 2.75) is 52.7 Å². The summed E-state index contributed by atoms with van der Waals surface area (Å²) >= 11 is 0. The van der Waals surface area contributed by atoms with Gasteiger partial charge in [0.1, 0.15) is 5.60 Å². The number of carbonyl (C=O) groups excluding carboxylic acids is 2. The maximum atomic E-state index is 12.5. The number of ether oxygens (including phenoxy) is 1. The molecule has 0 fully saturated rings. The van der Waals surface area contributed by atoms with Crippen molar-refractivity contribution in [1.82, 2.24) is 9.88 Å². The van der Waals surface area contributed by atoms with Crippen LogP contribution in [0.5, 0.6) is 0 Å². The molecule has 2 amide bonds. The number of anilines is 1. The largest absolute Gasteiger partial charge is 0.444 e. The van der Waals surface area contributed by atoms with Crippen LogP contribution in [0.4, 0.5) is 10.5 Å². The highest BCUT2D eigenvalue weighted by Crippen LogP contribution is 2.20. The number of nitrogens with zero attached hydrogens (tertiary/aromatic N) is 2. The highest BCUT2D eigenvalue weighted by atomic mass is 16.6. The Morgan fingerprint density at radius 2 is 1.89 bits per heavy atom. The van der Waals surface area contributed by atoms with Crippen LogP contribution in [0.1, 0.15) is 41.0 Å². The lowest BCUT2D eigenvalue weighted by Crippen LogP contribution is -2.41. The predicted octanol–water partition coefficient (Wildman–Crippen LogP) is 4.45. The standard InChI is InChI=1S/C21H29N3O3/c1-14(11-15(2)24(6)20(26)27-21(3,4)5)19(25)23-18-8-7-16-9-10-22-13-17(16)12-18/h7-10,12-15H,11H2,1-6H3,(H,23,25). The van der Waals surface area contributed by atoms with Gasteiger partial charge in [-0.25, -0.2) is 4.79 Å². The number of hydrogen-bond acceptors (Lipinski definition) is 4. The molecule has 27 heavy (non-hydrogen) atoms.